The average Bonchev–Trinajstić information content (AvgIpc) is 3.24. The normalized spacial score (nSPS) is 24.9. The molecule has 3 aromatic rings. The number of nitrogens with one attached hydrogen (secondary N) is 1. The average molecular weight is 452 g/mol. The Hall–Kier alpha value is -2.73. The Labute approximate surface area is 190 Å². The van der Waals surface area contributed by atoms with Gasteiger partial charge in [-0.3, -0.25) is 19.5 Å². The van der Waals surface area contributed by atoms with Gasteiger partial charge in [0.15, 0.2) is 5.78 Å². The molecular formula is C24H19Cl2N3O2. The topological polar surface area (TPSA) is 62.3 Å². The predicted octanol–water partition coefficient (Wildman–Crippen LogP) is 4.76. The smallest absolute Gasteiger partial charge is 0.250 e. The summed E-state index contributed by atoms with van der Waals surface area (Å²) in [6, 6.07) is 18.0. The molecule has 0 aliphatic carbocycles. The summed E-state index contributed by atoms with van der Waals surface area (Å²) in [6.07, 6.45) is 1.59. The fraction of sp³-hybridized carbons (Fsp3) is 0.208. The van der Waals surface area contributed by atoms with Crippen molar-refractivity contribution in [1.82, 2.24) is 9.88 Å². The number of nitrogens with zero attached hydrogens (tertiary/aromatic N) is 2. The third-order valence-electron chi connectivity index (χ3n) is 6.41. The van der Waals surface area contributed by atoms with Gasteiger partial charge in [-0.1, -0.05) is 41.4 Å². The lowest BCUT2D eigenvalue weighted by Gasteiger charge is -2.35. The number of likely N-dealkylation sites (tertiary alicyclic amines) is 1. The monoisotopic (exact) mass is 451 g/mol. The number of Topliss-reactive ketones (excluding diaryl/α,β-unsaturated/α-hetero) is 1. The van der Waals surface area contributed by atoms with Gasteiger partial charge < -0.3 is 5.32 Å². The lowest BCUT2D eigenvalue weighted by atomic mass is 9.71. The van der Waals surface area contributed by atoms with Gasteiger partial charge in [0.2, 0.25) is 5.91 Å². The number of fused-ring (bicyclic) bond motifs is 2. The quantitative estimate of drug-likeness (QED) is 0.582. The predicted molar refractivity (Wildman–Crippen MR) is 121 cm³/mol. The maximum absolute atomic E-state index is 13.9. The second-order valence-electron chi connectivity index (χ2n) is 8.01. The summed E-state index contributed by atoms with van der Waals surface area (Å²) in [4.78, 5) is 33.7. The number of benzene rings is 2. The molecule has 1 N–H and O–H groups in total. The van der Waals surface area contributed by atoms with Gasteiger partial charge >= 0.3 is 0 Å². The van der Waals surface area contributed by atoms with Crippen molar-refractivity contribution < 1.29 is 9.59 Å². The molecule has 5 nitrogen and oxygen atoms in total. The van der Waals surface area contributed by atoms with Crippen molar-refractivity contribution in [3.63, 3.8) is 0 Å². The highest BCUT2D eigenvalue weighted by molar-refractivity contribution is 6.31. The van der Waals surface area contributed by atoms with Gasteiger partial charge in [-0.25, -0.2) is 0 Å². The van der Waals surface area contributed by atoms with Crippen LogP contribution in [0.1, 0.15) is 27.5 Å². The second-order valence-corrected chi connectivity index (χ2v) is 8.88. The first-order chi connectivity index (χ1) is 14.9. The van der Waals surface area contributed by atoms with E-state index in [1.54, 1.807) is 42.6 Å². The van der Waals surface area contributed by atoms with E-state index >= 15 is 0 Å². The minimum atomic E-state index is -1.18. The van der Waals surface area contributed by atoms with Crippen molar-refractivity contribution in [3.8, 4) is 0 Å². The SMILES string of the molecule is CN1C[C@H](c2ccc(Cl)cc2)[C@H](C(=O)c2ccccn2)[C@@]12C(=O)Nc1ccc(Cl)cc12. The largest absolute Gasteiger partial charge is 0.324 e. The van der Waals surface area contributed by atoms with Crippen LogP contribution in [0.3, 0.4) is 0 Å². The molecule has 1 spiro atoms. The van der Waals surface area contributed by atoms with Gasteiger partial charge in [-0.2, -0.15) is 0 Å². The highest BCUT2D eigenvalue weighted by atomic mass is 35.5. The standard InChI is InChI=1S/C24H19Cl2N3O2/c1-29-13-17(14-5-7-15(25)8-6-14)21(22(30)20-4-2-3-11-27-20)24(29)18-12-16(26)9-10-19(18)28-23(24)31/h2-12,17,21H,13H2,1H3,(H,28,31)/t17-,21-,24+/m1/s1. The summed E-state index contributed by atoms with van der Waals surface area (Å²) in [5, 5.41) is 4.11. The number of rotatable bonds is 3. The highest BCUT2D eigenvalue weighted by Gasteiger charge is 2.64. The summed E-state index contributed by atoms with van der Waals surface area (Å²) in [5.74, 6) is -1.31. The van der Waals surface area contributed by atoms with Crippen molar-refractivity contribution in [2.75, 3.05) is 18.9 Å². The number of carbonyl (C=O) groups excluding carboxylic acids is 2. The van der Waals surface area contributed by atoms with E-state index in [0.29, 0.717) is 28.0 Å². The molecular weight excluding hydrogens is 433 g/mol. The molecule has 1 fully saturated rings. The molecule has 0 unspecified atom stereocenters. The Morgan fingerprint density at radius 2 is 1.84 bits per heavy atom. The summed E-state index contributed by atoms with van der Waals surface area (Å²) in [5.41, 5.74) is 1.50. The van der Waals surface area contributed by atoms with E-state index in [2.05, 4.69) is 10.3 Å². The summed E-state index contributed by atoms with van der Waals surface area (Å²) >= 11 is 12.4. The maximum Gasteiger partial charge on any atom is 0.250 e. The van der Waals surface area contributed by atoms with Crippen molar-refractivity contribution in [2.24, 2.45) is 5.92 Å². The lowest BCUT2D eigenvalue weighted by molar-refractivity contribution is -0.126. The Bertz CT molecular complexity index is 1180. The number of halogens is 2. The summed E-state index contributed by atoms with van der Waals surface area (Å²) in [6.45, 7) is 0.518. The Morgan fingerprint density at radius 3 is 2.55 bits per heavy atom. The van der Waals surface area contributed by atoms with Crippen molar-refractivity contribution in [3.05, 3.63) is 93.7 Å². The molecule has 3 atom stereocenters. The Balaban J connectivity index is 1.74. The second kappa shape index (κ2) is 7.45. The molecule has 156 valence electrons. The van der Waals surface area contributed by atoms with Crippen LogP contribution in [-0.2, 0) is 10.3 Å². The van der Waals surface area contributed by atoms with Crippen LogP contribution < -0.4 is 5.32 Å². The van der Waals surface area contributed by atoms with Crippen LogP contribution in [0, 0.1) is 5.92 Å². The van der Waals surface area contributed by atoms with Crippen molar-refractivity contribution in [2.45, 2.75) is 11.5 Å². The molecule has 1 saturated heterocycles. The van der Waals surface area contributed by atoms with Crippen LogP contribution in [-0.4, -0.2) is 35.2 Å². The minimum Gasteiger partial charge on any atom is -0.324 e. The maximum atomic E-state index is 13.9. The number of aromatic nitrogens is 1. The molecule has 31 heavy (non-hydrogen) atoms. The van der Waals surface area contributed by atoms with Crippen LogP contribution >= 0.6 is 23.2 Å². The van der Waals surface area contributed by atoms with E-state index in [1.807, 2.05) is 36.2 Å². The number of anilines is 1. The highest BCUT2D eigenvalue weighted by Crippen LogP contribution is 2.55. The number of hydrogen-bond acceptors (Lipinski definition) is 4. The number of ketones is 1. The van der Waals surface area contributed by atoms with Crippen molar-refractivity contribution in [1.29, 1.82) is 0 Å². The van der Waals surface area contributed by atoms with Crippen LogP contribution in [0.5, 0.6) is 0 Å². The lowest BCUT2D eigenvalue weighted by Crippen LogP contribution is -2.51. The third kappa shape index (κ3) is 2.99. The first kappa shape index (κ1) is 20.2. The van der Waals surface area contributed by atoms with Crippen LogP contribution in [0.15, 0.2) is 66.9 Å². The number of carbonyl (C=O) groups is 2. The van der Waals surface area contributed by atoms with Gasteiger partial charge in [0.05, 0.1) is 5.92 Å². The molecule has 2 aliphatic heterocycles. The van der Waals surface area contributed by atoms with Gasteiger partial charge in [0.1, 0.15) is 11.2 Å². The first-order valence-electron chi connectivity index (χ1n) is 9.96. The van der Waals surface area contributed by atoms with E-state index < -0.39 is 11.5 Å². The number of likely N-dealkylation sites (N-methyl/N-ethyl adjacent to an activating group) is 1. The molecule has 1 amide bonds. The zero-order chi connectivity index (χ0) is 21.8. The van der Waals surface area contributed by atoms with Crippen LogP contribution in [0.4, 0.5) is 5.69 Å². The van der Waals surface area contributed by atoms with E-state index in [4.69, 9.17) is 23.2 Å². The van der Waals surface area contributed by atoms with Crippen LogP contribution in [0.2, 0.25) is 10.0 Å². The van der Waals surface area contributed by atoms with E-state index in [9.17, 15) is 9.59 Å². The minimum absolute atomic E-state index is 0.173. The molecule has 7 heteroatoms. The molecule has 0 radical (unpaired) electrons. The summed E-state index contributed by atoms with van der Waals surface area (Å²) < 4.78 is 0. The molecule has 1 aromatic heterocycles. The molecule has 0 bridgehead atoms. The molecule has 0 saturated carbocycles. The molecule has 5 rings (SSSR count). The van der Waals surface area contributed by atoms with E-state index in [1.165, 1.54) is 0 Å². The van der Waals surface area contributed by atoms with Gasteiger partial charge in [0, 0.05) is 40.0 Å². The van der Waals surface area contributed by atoms with Crippen LogP contribution in [0.25, 0.3) is 0 Å². The zero-order valence-electron chi connectivity index (χ0n) is 16.7. The zero-order valence-corrected chi connectivity index (χ0v) is 18.2. The fourth-order valence-electron chi connectivity index (χ4n) is 5.09. The summed E-state index contributed by atoms with van der Waals surface area (Å²) in [7, 11) is 1.88. The van der Waals surface area contributed by atoms with Gasteiger partial charge in [-0.05, 0) is 55.1 Å². The van der Waals surface area contributed by atoms with E-state index in [-0.39, 0.29) is 17.6 Å². The number of hydrogen-bond donors (Lipinski definition) is 1. The van der Waals surface area contributed by atoms with Gasteiger partial charge in [-0.15, -0.1) is 0 Å². The number of amides is 1. The van der Waals surface area contributed by atoms with Crippen molar-refractivity contribution >= 4 is 40.6 Å². The molecule has 3 heterocycles. The molecule has 2 aliphatic rings. The Morgan fingerprint density at radius 1 is 1.10 bits per heavy atom. The molecule has 2 aromatic carbocycles. The fourth-order valence-corrected chi connectivity index (χ4v) is 5.39. The van der Waals surface area contributed by atoms with E-state index in [0.717, 1.165) is 11.1 Å². The number of pyridine rings is 1. The third-order valence-corrected chi connectivity index (χ3v) is 6.90. The first-order valence-corrected chi connectivity index (χ1v) is 10.7. The Kier molecular flexibility index (Phi) is 4.85. The van der Waals surface area contributed by atoms with Gasteiger partial charge in [0.25, 0.3) is 0 Å².